The molecule has 0 aliphatic rings. The second-order valence-corrected chi connectivity index (χ2v) is 2.97. The number of benzene rings is 1. The molecule has 0 saturated carbocycles. The number of halogens is 1. The van der Waals surface area contributed by atoms with Gasteiger partial charge in [-0.15, -0.1) is 0 Å². The second-order valence-electron chi connectivity index (χ2n) is 2.57. The van der Waals surface area contributed by atoms with Gasteiger partial charge in [0.25, 0.3) is 5.78 Å². The van der Waals surface area contributed by atoms with Crippen molar-refractivity contribution < 1.29 is 14.7 Å². The maximum absolute atomic E-state index is 11.1. The van der Waals surface area contributed by atoms with Crippen LogP contribution in [-0.4, -0.2) is 16.9 Å². The standard InChI is InChI=1S/C9H7ClO3/c1-5-3-2-4-6(10)7(5)8(11)9(12)13/h2-4H,1H3,(H,12,13). The van der Waals surface area contributed by atoms with Crippen molar-refractivity contribution in [1.29, 1.82) is 0 Å². The van der Waals surface area contributed by atoms with E-state index in [0.29, 0.717) is 5.56 Å². The van der Waals surface area contributed by atoms with E-state index in [2.05, 4.69) is 0 Å². The highest BCUT2D eigenvalue weighted by atomic mass is 35.5. The third-order valence-corrected chi connectivity index (χ3v) is 1.96. The van der Waals surface area contributed by atoms with E-state index in [9.17, 15) is 9.59 Å². The summed E-state index contributed by atoms with van der Waals surface area (Å²) in [6.45, 7) is 1.64. The highest BCUT2D eigenvalue weighted by Gasteiger charge is 2.19. The van der Waals surface area contributed by atoms with Gasteiger partial charge in [-0.3, -0.25) is 4.79 Å². The average Bonchev–Trinajstić information content (AvgIpc) is 2.03. The molecule has 0 atom stereocenters. The third-order valence-electron chi connectivity index (χ3n) is 1.64. The molecule has 0 radical (unpaired) electrons. The van der Waals surface area contributed by atoms with Crippen molar-refractivity contribution in [2.24, 2.45) is 0 Å². The predicted octanol–water partition coefficient (Wildman–Crippen LogP) is 1.92. The van der Waals surface area contributed by atoms with Gasteiger partial charge in [0.1, 0.15) is 0 Å². The van der Waals surface area contributed by atoms with Crippen LogP contribution in [0.2, 0.25) is 5.02 Å². The van der Waals surface area contributed by atoms with E-state index < -0.39 is 11.8 Å². The van der Waals surface area contributed by atoms with E-state index >= 15 is 0 Å². The Bertz CT molecular complexity index is 351. The molecule has 1 aromatic carbocycles. The first kappa shape index (κ1) is 9.74. The van der Waals surface area contributed by atoms with Crippen LogP contribution < -0.4 is 0 Å². The molecule has 1 aromatic rings. The van der Waals surface area contributed by atoms with E-state index in [1.807, 2.05) is 0 Å². The minimum absolute atomic E-state index is 0.0664. The molecule has 0 saturated heterocycles. The molecular formula is C9H7ClO3. The normalized spacial score (nSPS) is 9.69. The lowest BCUT2D eigenvalue weighted by Gasteiger charge is -2.02. The largest absolute Gasteiger partial charge is 0.475 e. The van der Waals surface area contributed by atoms with Crippen LogP contribution in [0.3, 0.4) is 0 Å². The van der Waals surface area contributed by atoms with Crippen molar-refractivity contribution >= 4 is 23.4 Å². The number of hydrogen-bond acceptors (Lipinski definition) is 2. The molecule has 1 N–H and O–H groups in total. The molecule has 0 aliphatic carbocycles. The van der Waals surface area contributed by atoms with Gasteiger partial charge in [0.15, 0.2) is 0 Å². The molecule has 0 aromatic heterocycles. The second kappa shape index (κ2) is 3.58. The van der Waals surface area contributed by atoms with Crippen LogP contribution in [0, 0.1) is 6.92 Å². The quantitative estimate of drug-likeness (QED) is 0.584. The van der Waals surface area contributed by atoms with Crippen molar-refractivity contribution in [3.63, 3.8) is 0 Å². The lowest BCUT2D eigenvalue weighted by molar-refractivity contribution is -0.131. The Morgan fingerprint density at radius 2 is 2.00 bits per heavy atom. The van der Waals surface area contributed by atoms with E-state index in [4.69, 9.17) is 16.7 Å². The van der Waals surface area contributed by atoms with Crippen LogP contribution in [0.25, 0.3) is 0 Å². The average molecular weight is 199 g/mol. The summed E-state index contributed by atoms with van der Waals surface area (Å²) in [7, 11) is 0. The highest BCUT2D eigenvalue weighted by molar-refractivity contribution is 6.45. The lowest BCUT2D eigenvalue weighted by Crippen LogP contribution is -2.14. The zero-order valence-corrected chi connectivity index (χ0v) is 7.63. The Labute approximate surface area is 79.9 Å². The number of Topliss-reactive ketones (excluding diaryl/α,β-unsaturated/α-hetero) is 1. The van der Waals surface area contributed by atoms with Gasteiger partial charge < -0.3 is 5.11 Å². The molecule has 0 aliphatic heterocycles. The summed E-state index contributed by atoms with van der Waals surface area (Å²) in [4.78, 5) is 21.5. The molecule has 13 heavy (non-hydrogen) atoms. The lowest BCUT2D eigenvalue weighted by atomic mass is 10.1. The van der Waals surface area contributed by atoms with Crippen LogP contribution in [0.15, 0.2) is 18.2 Å². The monoisotopic (exact) mass is 198 g/mol. The van der Waals surface area contributed by atoms with Crippen LogP contribution in [0.1, 0.15) is 15.9 Å². The van der Waals surface area contributed by atoms with Crippen LogP contribution in [-0.2, 0) is 4.79 Å². The number of aliphatic carboxylic acids is 1. The van der Waals surface area contributed by atoms with Crippen molar-refractivity contribution in [3.8, 4) is 0 Å². The van der Waals surface area contributed by atoms with Gasteiger partial charge in [0.2, 0.25) is 0 Å². The van der Waals surface area contributed by atoms with Gasteiger partial charge in [0.05, 0.1) is 10.6 Å². The molecule has 1 rings (SSSR count). The maximum atomic E-state index is 11.1. The highest BCUT2D eigenvalue weighted by Crippen LogP contribution is 2.19. The zero-order chi connectivity index (χ0) is 10.0. The molecule has 68 valence electrons. The maximum Gasteiger partial charge on any atom is 0.377 e. The van der Waals surface area contributed by atoms with Gasteiger partial charge in [-0.1, -0.05) is 23.7 Å². The van der Waals surface area contributed by atoms with Gasteiger partial charge in [-0.05, 0) is 18.6 Å². The summed E-state index contributed by atoms with van der Waals surface area (Å²) < 4.78 is 0. The first-order valence-electron chi connectivity index (χ1n) is 3.56. The van der Waals surface area contributed by atoms with Crippen LogP contribution in [0.5, 0.6) is 0 Å². The molecule has 0 spiro atoms. The van der Waals surface area contributed by atoms with Gasteiger partial charge in [0, 0.05) is 0 Å². The first-order valence-corrected chi connectivity index (χ1v) is 3.94. The van der Waals surface area contributed by atoms with Crippen molar-refractivity contribution in [2.45, 2.75) is 6.92 Å². The number of ketones is 1. The summed E-state index contributed by atoms with van der Waals surface area (Å²) in [5.74, 6) is -2.46. The Morgan fingerprint density at radius 1 is 1.38 bits per heavy atom. The number of carbonyl (C=O) groups excluding carboxylic acids is 1. The fourth-order valence-electron chi connectivity index (χ4n) is 1.03. The fourth-order valence-corrected chi connectivity index (χ4v) is 1.33. The van der Waals surface area contributed by atoms with Crippen molar-refractivity contribution in [1.82, 2.24) is 0 Å². The Hall–Kier alpha value is -1.35. The predicted molar refractivity (Wildman–Crippen MR) is 48.2 cm³/mol. The third kappa shape index (κ3) is 1.87. The summed E-state index contributed by atoms with van der Waals surface area (Å²) in [6.07, 6.45) is 0. The van der Waals surface area contributed by atoms with Crippen LogP contribution >= 0.6 is 11.6 Å². The van der Waals surface area contributed by atoms with Crippen molar-refractivity contribution in [2.75, 3.05) is 0 Å². The number of rotatable bonds is 2. The Balaban J connectivity index is 3.28. The summed E-state index contributed by atoms with van der Waals surface area (Å²) >= 11 is 5.68. The molecule has 0 unspecified atom stereocenters. The summed E-state index contributed by atoms with van der Waals surface area (Å²) in [6, 6.07) is 4.79. The molecule has 0 bridgehead atoms. The Morgan fingerprint density at radius 3 is 2.46 bits per heavy atom. The van der Waals surface area contributed by atoms with Crippen LogP contribution in [0.4, 0.5) is 0 Å². The molecule has 0 fully saturated rings. The zero-order valence-electron chi connectivity index (χ0n) is 6.87. The SMILES string of the molecule is Cc1cccc(Cl)c1C(=O)C(=O)O. The number of hydrogen-bond donors (Lipinski definition) is 1. The Kier molecular flexibility index (Phi) is 2.68. The molecule has 0 heterocycles. The van der Waals surface area contributed by atoms with E-state index in [0.717, 1.165) is 0 Å². The van der Waals surface area contributed by atoms with E-state index in [1.54, 1.807) is 19.1 Å². The molecule has 0 amide bonds. The van der Waals surface area contributed by atoms with Gasteiger partial charge in [-0.25, -0.2) is 4.79 Å². The number of carboxylic acids is 1. The molecule has 4 heteroatoms. The topological polar surface area (TPSA) is 54.4 Å². The number of carboxylic acid groups (broad SMARTS) is 1. The summed E-state index contributed by atoms with van der Waals surface area (Å²) in [5, 5.41) is 8.65. The minimum atomic E-state index is -1.49. The van der Waals surface area contributed by atoms with Gasteiger partial charge in [-0.2, -0.15) is 0 Å². The molecular weight excluding hydrogens is 192 g/mol. The smallest absolute Gasteiger partial charge is 0.377 e. The van der Waals surface area contributed by atoms with E-state index in [-0.39, 0.29) is 10.6 Å². The number of carbonyl (C=O) groups is 2. The van der Waals surface area contributed by atoms with Crippen molar-refractivity contribution in [3.05, 3.63) is 34.3 Å². The van der Waals surface area contributed by atoms with Gasteiger partial charge >= 0.3 is 5.97 Å². The number of aryl methyl sites for hydroxylation is 1. The summed E-state index contributed by atoms with van der Waals surface area (Å²) in [5.41, 5.74) is 0.636. The first-order chi connectivity index (χ1) is 6.04. The molecule has 3 nitrogen and oxygen atoms in total. The fraction of sp³-hybridized carbons (Fsp3) is 0.111. The minimum Gasteiger partial charge on any atom is -0.475 e. The van der Waals surface area contributed by atoms with E-state index in [1.165, 1.54) is 6.07 Å².